The number of rotatable bonds is 6. The molecule has 0 saturated heterocycles. The summed E-state index contributed by atoms with van der Waals surface area (Å²) in [4.78, 5) is 12.6. The summed E-state index contributed by atoms with van der Waals surface area (Å²) in [5.74, 6) is -0.923. The number of halogens is 3. The fraction of sp³-hybridized carbons (Fsp3) is 0.533. The van der Waals surface area contributed by atoms with Gasteiger partial charge in [0.15, 0.2) is 0 Å². The average molecular weight is 352 g/mol. The molecule has 0 spiro atoms. The van der Waals surface area contributed by atoms with Crippen molar-refractivity contribution in [3.8, 4) is 0 Å². The molecule has 0 unspecified atom stereocenters. The summed E-state index contributed by atoms with van der Waals surface area (Å²) >= 11 is 0. The highest BCUT2D eigenvalue weighted by Crippen LogP contribution is 2.48. The predicted octanol–water partition coefficient (Wildman–Crippen LogP) is 3.87. The van der Waals surface area contributed by atoms with Crippen molar-refractivity contribution >= 4 is 15.9 Å². The van der Waals surface area contributed by atoms with E-state index in [0.29, 0.717) is 0 Å². The normalized spacial score (nSPS) is 20.6. The Morgan fingerprint density at radius 2 is 1.74 bits per heavy atom. The minimum absolute atomic E-state index is 0.0485. The van der Waals surface area contributed by atoms with Gasteiger partial charge in [0.1, 0.15) is 11.5 Å². The molecule has 0 aromatic carbocycles. The van der Waals surface area contributed by atoms with Gasteiger partial charge in [-0.05, 0) is 24.3 Å². The Kier molecular flexibility index (Phi) is 5.20. The van der Waals surface area contributed by atoms with Crippen LogP contribution in [0.1, 0.15) is 33.1 Å². The molecule has 0 heterocycles. The molecule has 0 fully saturated rings. The first-order chi connectivity index (χ1) is 10.3. The monoisotopic (exact) mass is 352 g/mol. The molecule has 4 nitrogen and oxygen atoms in total. The molecule has 0 atom stereocenters. The lowest BCUT2D eigenvalue weighted by molar-refractivity contribution is -0.130. The van der Waals surface area contributed by atoms with Gasteiger partial charge < -0.3 is 4.18 Å². The molecule has 130 valence electrons. The van der Waals surface area contributed by atoms with Gasteiger partial charge in [0, 0.05) is 6.42 Å². The van der Waals surface area contributed by atoms with E-state index in [2.05, 4.69) is 17.3 Å². The number of hydrogen-bond donors (Lipinski definition) is 0. The van der Waals surface area contributed by atoms with E-state index in [-0.39, 0.29) is 19.3 Å². The Labute approximate surface area is 133 Å². The van der Waals surface area contributed by atoms with E-state index in [0.717, 1.165) is 0 Å². The smallest absolute Gasteiger partial charge is 0.380 e. The third-order valence-electron chi connectivity index (χ3n) is 3.61. The largest absolute Gasteiger partial charge is 0.534 e. The van der Waals surface area contributed by atoms with E-state index in [9.17, 15) is 26.4 Å². The Hall–Kier alpha value is -1.57. The van der Waals surface area contributed by atoms with E-state index in [1.165, 1.54) is 18.2 Å². The summed E-state index contributed by atoms with van der Waals surface area (Å²) < 4.78 is 65.0. The number of ketones is 1. The van der Waals surface area contributed by atoms with Crippen LogP contribution < -0.4 is 0 Å². The van der Waals surface area contributed by atoms with Crippen LogP contribution in [0.15, 0.2) is 37.1 Å². The second kappa shape index (κ2) is 6.14. The van der Waals surface area contributed by atoms with Crippen LogP contribution in [-0.4, -0.2) is 19.7 Å². The van der Waals surface area contributed by atoms with Crippen LogP contribution >= 0.6 is 0 Å². The third-order valence-corrected chi connectivity index (χ3v) is 4.58. The number of carbonyl (C=O) groups excluding carboxylic acids is 1. The van der Waals surface area contributed by atoms with Crippen molar-refractivity contribution in [2.45, 2.75) is 38.6 Å². The molecule has 1 rings (SSSR count). The lowest BCUT2D eigenvalue weighted by Gasteiger charge is -2.40. The Morgan fingerprint density at radius 1 is 1.26 bits per heavy atom. The van der Waals surface area contributed by atoms with Crippen molar-refractivity contribution in [2.75, 3.05) is 0 Å². The Bertz CT molecular complexity index is 632. The van der Waals surface area contributed by atoms with Gasteiger partial charge in [-0.15, -0.1) is 13.2 Å². The van der Waals surface area contributed by atoms with Gasteiger partial charge in [-0.25, -0.2) is 0 Å². The highest BCUT2D eigenvalue weighted by atomic mass is 32.2. The molecular weight excluding hydrogens is 333 g/mol. The fourth-order valence-corrected chi connectivity index (χ4v) is 3.08. The minimum Gasteiger partial charge on any atom is -0.380 e. The van der Waals surface area contributed by atoms with Crippen LogP contribution in [0.2, 0.25) is 0 Å². The molecule has 0 aromatic rings. The SMILES string of the molecule is C=CCC1(CC=C)C(=O)CC(C)(C)C=C1OS(=O)(=O)C(F)(F)F. The maximum absolute atomic E-state index is 12.6. The first kappa shape index (κ1) is 19.5. The summed E-state index contributed by atoms with van der Waals surface area (Å²) in [6.45, 7) is 10.2. The summed E-state index contributed by atoms with van der Waals surface area (Å²) in [7, 11) is -5.87. The minimum atomic E-state index is -5.87. The maximum Gasteiger partial charge on any atom is 0.534 e. The van der Waals surface area contributed by atoms with Gasteiger partial charge in [0.2, 0.25) is 0 Å². The van der Waals surface area contributed by atoms with E-state index < -0.39 is 38.0 Å². The van der Waals surface area contributed by atoms with Crippen LogP contribution in [0.4, 0.5) is 13.2 Å². The van der Waals surface area contributed by atoms with Crippen LogP contribution in [0.5, 0.6) is 0 Å². The number of alkyl halides is 3. The lowest BCUT2D eigenvalue weighted by Crippen LogP contribution is -2.42. The third kappa shape index (κ3) is 3.85. The fourth-order valence-electron chi connectivity index (χ4n) is 2.54. The van der Waals surface area contributed by atoms with Crippen LogP contribution in [0, 0.1) is 10.8 Å². The van der Waals surface area contributed by atoms with Gasteiger partial charge in [-0.2, -0.15) is 21.6 Å². The van der Waals surface area contributed by atoms with Crippen molar-refractivity contribution in [2.24, 2.45) is 10.8 Å². The average Bonchev–Trinajstić information content (AvgIpc) is 2.33. The summed E-state index contributed by atoms with van der Waals surface area (Å²) in [6, 6.07) is 0. The van der Waals surface area contributed by atoms with Crippen molar-refractivity contribution in [1.82, 2.24) is 0 Å². The molecule has 0 radical (unpaired) electrons. The van der Waals surface area contributed by atoms with Crippen molar-refractivity contribution in [1.29, 1.82) is 0 Å². The van der Waals surface area contributed by atoms with Crippen molar-refractivity contribution in [3.05, 3.63) is 37.1 Å². The summed E-state index contributed by atoms with van der Waals surface area (Å²) in [5.41, 5.74) is -7.93. The van der Waals surface area contributed by atoms with Crippen LogP contribution in [0.25, 0.3) is 0 Å². The first-order valence-electron chi connectivity index (χ1n) is 6.80. The first-order valence-corrected chi connectivity index (χ1v) is 8.21. The number of Topliss-reactive ketones (excluding diaryl/α,β-unsaturated/α-hetero) is 1. The highest BCUT2D eigenvalue weighted by Gasteiger charge is 2.54. The zero-order chi connectivity index (χ0) is 18.1. The Balaban J connectivity index is 3.51. The zero-order valence-electron chi connectivity index (χ0n) is 12.9. The molecule has 0 aromatic heterocycles. The van der Waals surface area contributed by atoms with Gasteiger partial charge in [-0.1, -0.05) is 26.0 Å². The van der Waals surface area contributed by atoms with Crippen LogP contribution in [0.3, 0.4) is 0 Å². The topological polar surface area (TPSA) is 60.4 Å². The van der Waals surface area contributed by atoms with E-state index in [1.807, 2.05) is 0 Å². The second-order valence-corrected chi connectivity index (χ2v) is 7.69. The molecule has 23 heavy (non-hydrogen) atoms. The van der Waals surface area contributed by atoms with Crippen molar-refractivity contribution < 1.29 is 30.6 Å². The summed E-state index contributed by atoms with van der Waals surface area (Å²) in [6.07, 6.45) is 3.91. The summed E-state index contributed by atoms with van der Waals surface area (Å²) in [5, 5.41) is 0. The van der Waals surface area contributed by atoms with Crippen LogP contribution in [-0.2, 0) is 19.1 Å². The number of hydrogen-bond acceptors (Lipinski definition) is 4. The molecule has 1 aliphatic rings. The predicted molar refractivity (Wildman–Crippen MR) is 79.6 cm³/mol. The number of allylic oxidation sites excluding steroid dienone is 4. The van der Waals surface area contributed by atoms with Crippen molar-refractivity contribution in [3.63, 3.8) is 0 Å². The van der Waals surface area contributed by atoms with E-state index >= 15 is 0 Å². The van der Waals surface area contributed by atoms with Gasteiger partial charge in [0.25, 0.3) is 0 Å². The zero-order valence-corrected chi connectivity index (χ0v) is 13.8. The second-order valence-electron chi connectivity index (χ2n) is 6.15. The van der Waals surface area contributed by atoms with E-state index in [1.54, 1.807) is 13.8 Å². The quantitative estimate of drug-likeness (QED) is 0.414. The molecule has 0 bridgehead atoms. The molecular formula is C15H19F3O4S. The maximum atomic E-state index is 12.6. The molecule has 0 N–H and O–H groups in total. The van der Waals surface area contributed by atoms with Gasteiger partial charge in [0.05, 0.1) is 5.41 Å². The lowest BCUT2D eigenvalue weighted by atomic mass is 9.65. The standard InChI is InChI=1S/C15H19F3O4S/c1-5-7-14(8-6-2)11(19)9-13(3,4)10-12(14)22-23(20,21)15(16,17)18/h5-6,10H,1-2,7-9H2,3-4H3. The molecule has 8 heteroatoms. The number of carbonyl (C=O) groups is 1. The van der Waals surface area contributed by atoms with Gasteiger partial charge in [-0.3, -0.25) is 4.79 Å². The van der Waals surface area contributed by atoms with Gasteiger partial charge >= 0.3 is 15.6 Å². The molecule has 0 saturated carbocycles. The van der Waals surface area contributed by atoms with E-state index in [4.69, 9.17) is 0 Å². The molecule has 0 aliphatic heterocycles. The molecule has 1 aliphatic carbocycles. The molecule has 0 amide bonds. The highest BCUT2D eigenvalue weighted by molar-refractivity contribution is 7.87. The Morgan fingerprint density at radius 3 is 2.13 bits per heavy atom.